The van der Waals surface area contributed by atoms with Crippen LogP contribution in [0.4, 0.5) is 0 Å². The van der Waals surface area contributed by atoms with Gasteiger partial charge in [0.15, 0.2) is 0 Å². The van der Waals surface area contributed by atoms with Crippen molar-refractivity contribution in [1.29, 1.82) is 0 Å². The van der Waals surface area contributed by atoms with Crippen LogP contribution in [0.3, 0.4) is 0 Å². The summed E-state index contributed by atoms with van der Waals surface area (Å²) in [6.45, 7) is 6.19. The van der Waals surface area contributed by atoms with Gasteiger partial charge in [0.05, 0.1) is 17.5 Å². The van der Waals surface area contributed by atoms with Crippen molar-refractivity contribution in [2.45, 2.75) is 33.3 Å². The van der Waals surface area contributed by atoms with E-state index in [1.807, 2.05) is 25.1 Å². The van der Waals surface area contributed by atoms with Gasteiger partial charge in [0.1, 0.15) is 5.75 Å². The number of rotatable bonds is 3. The summed E-state index contributed by atoms with van der Waals surface area (Å²) in [7, 11) is 0. The van der Waals surface area contributed by atoms with Crippen molar-refractivity contribution in [3.05, 3.63) is 29.3 Å². The number of hydrogen-bond donors (Lipinski definition) is 0. The van der Waals surface area contributed by atoms with Gasteiger partial charge in [-0.1, -0.05) is 24.8 Å². The lowest BCUT2D eigenvalue weighted by atomic mass is 10.1. The van der Waals surface area contributed by atoms with Gasteiger partial charge in [0.2, 0.25) is 0 Å². The highest BCUT2D eigenvalue weighted by Gasteiger charge is 2.05. The van der Waals surface area contributed by atoms with Crippen LogP contribution < -0.4 is 4.74 Å². The second-order valence-electron chi connectivity index (χ2n) is 3.77. The highest BCUT2D eigenvalue weighted by Crippen LogP contribution is 2.21. The highest BCUT2D eigenvalue weighted by molar-refractivity contribution is 6.19. The lowest BCUT2D eigenvalue weighted by Crippen LogP contribution is -2.10. The first-order chi connectivity index (χ1) is 7.67. The van der Waals surface area contributed by atoms with Crippen molar-refractivity contribution in [3.8, 4) is 17.6 Å². The van der Waals surface area contributed by atoms with Crippen LogP contribution in [0, 0.1) is 18.8 Å². The molecule has 16 heavy (non-hydrogen) atoms. The van der Waals surface area contributed by atoms with E-state index in [1.54, 1.807) is 0 Å². The predicted molar refractivity (Wildman–Crippen MR) is 69.2 cm³/mol. The lowest BCUT2D eigenvalue weighted by molar-refractivity contribution is 0.217. The van der Waals surface area contributed by atoms with Crippen LogP contribution in [0.25, 0.3) is 0 Å². The number of halogens is 1. The molecule has 1 rings (SSSR count). The molecule has 0 N–H and O–H groups in total. The summed E-state index contributed by atoms with van der Waals surface area (Å²) >= 11 is 5.56. The van der Waals surface area contributed by atoms with Crippen LogP contribution in [0.15, 0.2) is 18.2 Å². The van der Waals surface area contributed by atoms with Crippen molar-refractivity contribution in [3.63, 3.8) is 0 Å². The molecule has 0 spiro atoms. The Kier molecular flexibility index (Phi) is 5.22. The van der Waals surface area contributed by atoms with E-state index in [9.17, 15) is 0 Å². The quantitative estimate of drug-likeness (QED) is 0.574. The van der Waals surface area contributed by atoms with Crippen LogP contribution in [0.1, 0.15) is 31.4 Å². The molecule has 1 aromatic rings. The molecule has 1 atom stereocenters. The van der Waals surface area contributed by atoms with Crippen molar-refractivity contribution in [2.24, 2.45) is 0 Å². The van der Waals surface area contributed by atoms with Crippen molar-refractivity contribution >= 4 is 11.6 Å². The summed E-state index contributed by atoms with van der Waals surface area (Å²) in [6.07, 6.45) is 1.19. The zero-order valence-corrected chi connectivity index (χ0v) is 10.8. The topological polar surface area (TPSA) is 9.23 Å². The zero-order valence-electron chi connectivity index (χ0n) is 10.0. The first-order valence-electron chi connectivity index (χ1n) is 5.49. The van der Waals surface area contributed by atoms with Crippen molar-refractivity contribution in [2.75, 3.05) is 5.88 Å². The van der Waals surface area contributed by atoms with Crippen LogP contribution in [-0.2, 0) is 0 Å². The van der Waals surface area contributed by atoms with Crippen LogP contribution >= 0.6 is 11.6 Å². The Morgan fingerprint density at radius 2 is 2.19 bits per heavy atom. The molecule has 0 bridgehead atoms. The second-order valence-corrected chi connectivity index (χ2v) is 4.04. The Morgan fingerprint density at radius 3 is 2.81 bits per heavy atom. The van der Waals surface area contributed by atoms with Crippen molar-refractivity contribution < 1.29 is 4.74 Å². The zero-order chi connectivity index (χ0) is 12.0. The molecule has 0 aliphatic rings. The number of aryl methyl sites for hydroxylation is 1. The molecule has 1 unspecified atom stereocenters. The SMILES string of the molecule is CCC(C)Oc1ccc(C)cc1C#CCCl. The minimum atomic E-state index is 0.208. The average molecular weight is 237 g/mol. The summed E-state index contributed by atoms with van der Waals surface area (Å²) in [5.74, 6) is 7.07. The number of hydrogen-bond acceptors (Lipinski definition) is 1. The summed E-state index contributed by atoms with van der Waals surface area (Å²) in [4.78, 5) is 0. The second kappa shape index (κ2) is 6.45. The van der Waals surface area contributed by atoms with Gasteiger partial charge in [-0.05, 0) is 38.0 Å². The first-order valence-corrected chi connectivity index (χ1v) is 6.03. The molecule has 0 saturated heterocycles. The summed E-state index contributed by atoms with van der Waals surface area (Å²) in [6, 6.07) is 6.03. The maximum absolute atomic E-state index is 5.80. The van der Waals surface area contributed by atoms with E-state index >= 15 is 0 Å². The van der Waals surface area contributed by atoms with Gasteiger partial charge < -0.3 is 4.74 Å². The molecule has 1 aromatic carbocycles. The van der Waals surface area contributed by atoms with E-state index in [0.29, 0.717) is 5.88 Å². The monoisotopic (exact) mass is 236 g/mol. The Labute approximate surface area is 103 Å². The van der Waals surface area contributed by atoms with E-state index in [-0.39, 0.29) is 6.10 Å². The summed E-state index contributed by atoms with van der Waals surface area (Å²) in [5.41, 5.74) is 2.09. The van der Waals surface area contributed by atoms with E-state index < -0.39 is 0 Å². The maximum atomic E-state index is 5.80. The molecule has 0 aliphatic heterocycles. The third-order valence-corrected chi connectivity index (χ3v) is 2.46. The molecule has 0 amide bonds. The Morgan fingerprint density at radius 1 is 1.44 bits per heavy atom. The van der Waals surface area contributed by atoms with Crippen LogP contribution in [0.5, 0.6) is 5.75 Å². The molecule has 0 radical (unpaired) electrons. The van der Waals surface area contributed by atoms with E-state index in [0.717, 1.165) is 17.7 Å². The first kappa shape index (κ1) is 12.9. The van der Waals surface area contributed by atoms with Crippen molar-refractivity contribution in [1.82, 2.24) is 0 Å². The van der Waals surface area contributed by atoms with Gasteiger partial charge in [0.25, 0.3) is 0 Å². The fourth-order valence-corrected chi connectivity index (χ4v) is 1.34. The molecule has 0 aromatic heterocycles. The number of benzene rings is 1. The molecule has 0 saturated carbocycles. The molecule has 0 aliphatic carbocycles. The van der Waals surface area contributed by atoms with E-state index in [2.05, 4.69) is 25.7 Å². The Hall–Kier alpha value is -1.13. The Balaban J connectivity index is 2.98. The average Bonchev–Trinajstić information content (AvgIpc) is 2.29. The van der Waals surface area contributed by atoms with Gasteiger partial charge in [-0.15, -0.1) is 11.6 Å². The van der Waals surface area contributed by atoms with Gasteiger partial charge in [-0.2, -0.15) is 0 Å². The fraction of sp³-hybridized carbons (Fsp3) is 0.429. The third-order valence-electron chi connectivity index (χ3n) is 2.33. The minimum Gasteiger partial charge on any atom is -0.489 e. The smallest absolute Gasteiger partial charge is 0.135 e. The van der Waals surface area contributed by atoms with Gasteiger partial charge in [-0.3, -0.25) is 0 Å². The largest absolute Gasteiger partial charge is 0.489 e. The van der Waals surface area contributed by atoms with Crippen LogP contribution in [0.2, 0.25) is 0 Å². The summed E-state index contributed by atoms with van der Waals surface area (Å²) in [5, 5.41) is 0. The number of ether oxygens (including phenoxy) is 1. The molecule has 1 nitrogen and oxygen atoms in total. The van der Waals surface area contributed by atoms with Gasteiger partial charge >= 0.3 is 0 Å². The molecule has 86 valence electrons. The fourth-order valence-electron chi connectivity index (χ4n) is 1.27. The normalized spacial score (nSPS) is 11.5. The molecule has 0 fully saturated rings. The highest BCUT2D eigenvalue weighted by atomic mass is 35.5. The van der Waals surface area contributed by atoms with Gasteiger partial charge in [0, 0.05) is 0 Å². The molecular weight excluding hydrogens is 220 g/mol. The minimum absolute atomic E-state index is 0.208. The molecular formula is C14H17ClO. The predicted octanol–water partition coefficient (Wildman–Crippen LogP) is 3.76. The Bertz CT molecular complexity index is 401. The number of alkyl halides is 1. The summed E-state index contributed by atoms with van der Waals surface area (Å²) < 4.78 is 5.80. The van der Waals surface area contributed by atoms with Crippen LogP contribution in [-0.4, -0.2) is 12.0 Å². The molecule has 0 heterocycles. The van der Waals surface area contributed by atoms with Gasteiger partial charge in [-0.25, -0.2) is 0 Å². The lowest BCUT2D eigenvalue weighted by Gasteiger charge is -2.14. The van der Waals surface area contributed by atoms with E-state index in [4.69, 9.17) is 16.3 Å². The third kappa shape index (κ3) is 3.79. The standard InChI is InChI=1S/C14H17ClO/c1-4-12(3)16-14-8-7-11(2)10-13(14)6-5-9-15/h7-8,10,12H,4,9H2,1-3H3. The van der Waals surface area contributed by atoms with E-state index in [1.165, 1.54) is 5.56 Å². The molecule has 2 heteroatoms. The maximum Gasteiger partial charge on any atom is 0.135 e.